The average Bonchev–Trinajstić information content (AvgIpc) is 2.94. The molecule has 1 aromatic carbocycles. The summed E-state index contributed by atoms with van der Waals surface area (Å²) in [7, 11) is 0. The molecule has 0 saturated carbocycles. The number of aromatic nitrogens is 1. The van der Waals surface area contributed by atoms with Crippen molar-refractivity contribution in [1.29, 1.82) is 0 Å². The fraction of sp³-hybridized carbons (Fsp3) is 0.333. The number of nitrogens with zero attached hydrogens (tertiary/aromatic N) is 4. The van der Waals surface area contributed by atoms with Crippen LogP contribution in [0.2, 0.25) is 0 Å². The van der Waals surface area contributed by atoms with Crippen LogP contribution >= 0.6 is 0 Å². The van der Waals surface area contributed by atoms with E-state index in [1.807, 2.05) is 35.2 Å². The van der Waals surface area contributed by atoms with Gasteiger partial charge in [0.05, 0.1) is 12.6 Å². The van der Waals surface area contributed by atoms with Gasteiger partial charge in [-0.25, -0.2) is 14.2 Å². The van der Waals surface area contributed by atoms with E-state index in [0.717, 1.165) is 25.2 Å². The summed E-state index contributed by atoms with van der Waals surface area (Å²) >= 11 is 0. The summed E-state index contributed by atoms with van der Waals surface area (Å²) in [6.45, 7) is 3.81. The number of hydrogen-bond donors (Lipinski definition) is 0. The van der Waals surface area contributed by atoms with Gasteiger partial charge in [-0.3, -0.25) is 9.80 Å². The summed E-state index contributed by atoms with van der Waals surface area (Å²) < 4.78 is 13.0. The Morgan fingerprint density at radius 2 is 1.92 bits per heavy atom. The molecule has 3 heterocycles. The van der Waals surface area contributed by atoms with Gasteiger partial charge in [0.25, 0.3) is 0 Å². The largest absolute Gasteiger partial charge is 0.326 e. The second-order valence-electron chi connectivity index (χ2n) is 6.29. The Kier molecular flexibility index (Phi) is 3.90. The highest BCUT2D eigenvalue weighted by molar-refractivity contribution is 5.93. The number of piperazine rings is 1. The fourth-order valence-corrected chi connectivity index (χ4v) is 3.47. The van der Waals surface area contributed by atoms with Gasteiger partial charge in [-0.15, -0.1) is 0 Å². The zero-order valence-corrected chi connectivity index (χ0v) is 13.3. The topological polar surface area (TPSA) is 39.7 Å². The number of carbonyl (C=O) groups is 1. The minimum atomic E-state index is -0.212. The number of urea groups is 1. The highest BCUT2D eigenvalue weighted by atomic mass is 19.1. The van der Waals surface area contributed by atoms with E-state index in [1.54, 1.807) is 11.1 Å². The maximum Gasteiger partial charge on any atom is 0.326 e. The Morgan fingerprint density at radius 1 is 1.08 bits per heavy atom. The van der Waals surface area contributed by atoms with Crippen molar-refractivity contribution < 1.29 is 9.18 Å². The molecule has 2 aliphatic rings. The minimum Gasteiger partial charge on any atom is -0.317 e. The van der Waals surface area contributed by atoms with Crippen molar-refractivity contribution in [2.45, 2.75) is 12.6 Å². The fourth-order valence-electron chi connectivity index (χ4n) is 3.47. The van der Waals surface area contributed by atoms with Gasteiger partial charge in [-0.2, -0.15) is 0 Å². The van der Waals surface area contributed by atoms with Crippen LogP contribution in [0.3, 0.4) is 0 Å². The molecule has 2 fully saturated rings. The maximum atomic E-state index is 13.0. The van der Waals surface area contributed by atoms with E-state index >= 15 is 0 Å². The lowest BCUT2D eigenvalue weighted by Gasteiger charge is -2.36. The molecule has 0 spiro atoms. The van der Waals surface area contributed by atoms with E-state index in [2.05, 4.69) is 9.88 Å². The Labute approximate surface area is 140 Å². The molecule has 2 aromatic rings. The first-order valence-electron chi connectivity index (χ1n) is 8.17. The predicted octanol–water partition coefficient (Wildman–Crippen LogP) is 2.35. The lowest BCUT2D eigenvalue weighted by Crippen LogP contribution is -2.51. The van der Waals surface area contributed by atoms with Crippen LogP contribution in [-0.4, -0.2) is 53.0 Å². The smallest absolute Gasteiger partial charge is 0.317 e. The molecule has 6 heteroatoms. The summed E-state index contributed by atoms with van der Waals surface area (Å²) in [5.74, 6) is 0.498. The van der Waals surface area contributed by atoms with Crippen molar-refractivity contribution in [3.63, 3.8) is 0 Å². The zero-order valence-electron chi connectivity index (χ0n) is 13.3. The van der Waals surface area contributed by atoms with Crippen LogP contribution in [0.25, 0.3) is 0 Å². The number of halogens is 1. The third-order valence-corrected chi connectivity index (χ3v) is 4.68. The molecule has 124 valence electrons. The molecule has 0 N–H and O–H groups in total. The summed E-state index contributed by atoms with van der Waals surface area (Å²) in [4.78, 5) is 22.9. The summed E-state index contributed by atoms with van der Waals surface area (Å²) in [6.07, 6.45) is 1.71. The molecule has 0 unspecified atom stereocenters. The van der Waals surface area contributed by atoms with E-state index in [1.165, 1.54) is 12.1 Å². The molecular formula is C18H19FN4O. The van der Waals surface area contributed by atoms with Crippen molar-refractivity contribution in [1.82, 2.24) is 14.8 Å². The second kappa shape index (κ2) is 6.20. The predicted molar refractivity (Wildman–Crippen MR) is 89.2 cm³/mol. The van der Waals surface area contributed by atoms with E-state index < -0.39 is 0 Å². The molecule has 4 rings (SSSR count). The first-order valence-corrected chi connectivity index (χ1v) is 8.17. The number of amides is 2. The van der Waals surface area contributed by atoms with Gasteiger partial charge in [0.15, 0.2) is 0 Å². The number of benzene rings is 1. The van der Waals surface area contributed by atoms with E-state index in [0.29, 0.717) is 18.9 Å². The molecule has 0 bridgehead atoms. The van der Waals surface area contributed by atoms with Crippen molar-refractivity contribution >= 4 is 11.8 Å². The van der Waals surface area contributed by atoms with Gasteiger partial charge in [0.2, 0.25) is 0 Å². The molecule has 0 aliphatic carbocycles. The minimum absolute atomic E-state index is 0.0418. The van der Waals surface area contributed by atoms with Gasteiger partial charge in [-0.05, 0) is 29.8 Å². The Morgan fingerprint density at radius 3 is 2.67 bits per heavy atom. The zero-order chi connectivity index (χ0) is 16.5. The summed E-state index contributed by atoms with van der Waals surface area (Å²) in [6, 6.07) is 12.5. The molecule has 1 aromatic heterocycles. The van der Waals surface area contributed by atoms with Gasteiger partial charge < -0.3 is 4.90 Å². The molecular weight excluding hydrogens is 307 g/mol. The molecule has 2 amide bonds. The SMILES string of the molecule is O=C1N(c2ccccn2)C[C@H]2CN(Cc3ccc(F)cc3)CCN12. The third-order valence-electron chi connectivity index (χ3n) is 4.68. The van der Waals surface area contributed by atoms with Crippen LogP contribution in [0.5, 0.6) is 0 Å². The van der Waals surface area contributed by atoms with Crippen LogP contribution in [0, 0.1) is 5.82 Å². The number of carbonyl (C=O) groups excluding carboxylic acids is 1. The van der Waals surface area contributed by atoms with Crippen molar-refractivity contribution in [3.05, 3.63) is 60.0 Å². The number of anilines is 1. The highest BCUT2D eigenvalue weighted by Gasteiger charge is 2.41. The van der Waals surface area contributed by atoms with Crippen LogP contribution < -0.4 is 4.90 Å². The molecule has 1 atom stereocenters. The molecule has 5 nitrogen and oxygen atoms in total. The maximum absolute atomic E-state index is 13.0. The van der Waals surface area contributed by atoms with Crippen molar-refractivity contribution in [2.75, 3.05) is 31.1 Å². The quantitative estimate of drug-likeness (QED) is 0.869. The lowest BCUT2D eigenvalue weighted by atomic mass is 10.1. The molecule has 2 saturated heterocycles. The standard InChI is InChI=1S/C18H19FN4O/c19-15-6-4-14(5-7-15)11-21-9-10-22-16(12-21)13-23(18(22)24)17-3-1-2-8-20-17/h1-8,16H,9-13H2/t16-/m1/s1. The van der Waals surface area contributed by atoms with Crippen LogP contribution in [0.15, 0.2) is 48.7 Å². The van der Waals surface area contributed by atoms with Crippen molar-refractivity contribution in [2.24, 2.45) is 0 Å². The van der Waals surface area contributed by atoms with Gasteiger partial charge in [-0.1, -0.05) is 18.2 Å². The Bertz CT molecular complexity index is 722. The molecule has 0 radical (unpaired) electrons. The third kappa shape index (κ3) is 2.85. The van der Waals surface area contributed by atoms with Crippen LogP contribution in [0.1, 0.15) is 5.56 Å². The normalized spacial score (nSPS) is 21.2. The molecule has 2 aliphatic heterocycles. The lowest BCUT2D eigenvalue weighted by molar-refractivity contribution is 0.116. The Balaban J connectivity index is 1.44. The van der Waals surface area contributed by atoms with E-state index in [-0.39, 0.29) is 17.9 Å². The number of fused-ring (bicyclic) bond motifs is 1. The highest BCUT2D eigenvalue weighted by Crippen LogP contribution is 2.25. The Hall–Kier alpha value is -2.47. The monoisotopic (exact) mass is 326 g/mol. The average molecular weight is 326 g/mol. The van der Waals surface area contributed by atoms with Crippen molar-refractivity contribution in [3.8, 4) is 0 Å². The van der Waals surface area contributed by atoms with E-state index in [9.17, 15) is 9.18 Å². The number of pyridine rings is 1. The van der Waals surface area contributed by atoms with Crippen LogP contribution in [-0.2, 0) is 6.54 Å². The first-order chi connectivity index (χ1) is 11.7. The number of rotatable bonds is 3. The van der Waals surface area contributed by atoms with E-state index in [4.69, 9.17) is 0 Å². The van der Waals surface area contributed by atoms with Gasteiger partial charge in [0.1, 0.15) is 11.6 Å². The molecule has 24 heavy (non-hydrogen) atoms. The summed E-state index contributed by atoms with van der Waals surface area (Å²) in [5, 5.41) is 0. The van der Waals surface area contributed by atoms with Crippen LogP contribution in [0.4, 0.5) is 15.0 Å². The number of hydrogen-bond acceptors (Lipinski definition) is 3. The van der Waals surface area contributed by atoms with Gasteiger partial charge >= 0.3 is 6.03 Å². The first kappa shape index (κ1) is 15.1. The second-order valence-corrected chi connectivity index (χ2v) is 6.29. The summed E-state index contributed by atoms with van der Waals surface area (Å²) in [5.41, 5.74) is 1.09. The van der Waals surface area contributed by atoms with Gasteiger partial charge in [0, 0.05) is 32.4 Å².